The molecule has 4 aromatic rings. The number of carbonyl (C=O) groups excluding carboxylic acids is 1. The van der Waals surface area contributed by atoms with E-state index in [1.54, 1.807) is 0 Å². The second-order valence-corrected chi connectivity index (χ2v) is 13.0. The van der Waals surface area contributed by atoms with Crippen molar-refractivity contribution in [2.75, 3.05) is 11.9 Å². The summed E-state index contributed by atoms with van der Waals surface area (Å²) >= 11 is 1.86. The van der Waals surface area contributed by atoms with E-state index in [1.807, 2.05) is 51.3 Å². The number of aromatic nitrogens is 1. The van der Waals surface area contributed by atoms with Crippen LogP contribution in [-0.2, 0) is 24.9 Å². The Kier molecular flexibility index (Phi) is 13.0. The number of benzene rings is 2. The Morgan fingerprint density at radius 3 is 2.16 bits per heavy atom. The van der Waals surface area contributed by atoms with Gasteiger partial charge in [0.05, 0.1) is 5.76 Å². The van der Waals surface area contributed by atoms with Crippen molar-refractivity contribution in [2.45, 2.75) is 81.1 Å². The zero-order valence-electron chi connectivity index (χ0n) is 28.2. The molecule has 0 amide bonds. The van der Waals surface area contributed by atoms with Gasteiger partial charge in [-0.3, -0.25) is 9.78 Å². The monoisotopic (exact) mass is 801 g/mol. The van der Waals surface area contributed by atoms with Crippen molar-refractivity contribution in [2.24, 2.45) is 11.8 Å². The van der Waals surface area contributed by atoms with Gasteiger partial charge in [0.2, 0.25) is 6.98 Å². The van der Waals surface area contributed by atoms with Crippen LogP contribution in [0.15, 0.2) is 60.5 Å². The van der Waals surface area contributed by atoms with Gasteiger partial charge in [-0.15, -0.1) is 17.0 Å². The molecule has 0 saturated heterocycles. The molecule has 0 atom stereocenters. The van der Waals surface area contributed by atoms with Gasteiger partial charge >= 0.3 is 0 Å². The van der Waals surface area contributed by atoms with E-state index in [0.717, 1.165) is 42.7 Å². The number of nitrogens with zero attached hydrogens (tertiary/aromatic N) is 3. The first kappa shape index (κ1) is 36.5. The summed E-state index contributed by atoms with van der Waals surface area (Å²) in [4.78, 5) is 20.1. The fourth-order valence-electron chi connectivity index (χ4n) is 6.37. The first-order valence-electron chi connectivity index (χ1n) is 16.0. The maximum Gasteiger partial charge on any atom is 0.208 e. The molecule has 2 aromatic heterocycles. The van der Waals surface area contributed by atoms with Crippen molar-refractivity contribution in [3.8, 4) is 10.4 Å². The standard InChI is InChI=1S/C24H23BN3S.C13H24O2.Ir/c1-14-12-15(2)21(16(3)13-14)22-17(4)18-10-11-26-24(23(18)29-22)25-27-19-8-6-7-9-20(19)28(25)5;1-5-10(6-2)12(14)9-13(15)11(7-3)8-4;/h6-13H,1-5H3;9-11,14H,5-8H2,1-4H3;/q-1;;/b;12-9-;. The summed E-state index contributed by atoms with van der Waals surface area (Å²) in [6.45, 7) is 16.8. The molecule has 0 unspecified atom stereocenters. The number of allylic oxidation sites excluding steroid dienone is 2. The van der Waals surface area contributed by atoms with E-state index >= 15 is 0 Å². The molecule has 0 fully saturated rings. The zero-order chi connectivity index (χ0) is 32.1. The van der Waals surface area contributed by atoms with Gasteiger partial charge in [-0.1, -0.05) is 63.6 Å². The van der Waals surface area contributed by atoms with Crippen LogP contribution in [0, 0.1) is 39.5 Å². The van der Waals surface area contributed by atoms with Gasteiger partial charge in [-0.2, -0.15) is 0 Å². The van der Waals surface area contributed by atoms with E-state index < -0.39 is 0 Å². The molecule has 8 heteroatoms. The third-order valence-corrected chi connectivity index (χ3v) is 10.3. The van der Waals surface area contributed by atoms with Crippen LogP contribution in [0.3, 0.4) is 0 Å². The van der Waals surface area contributed by atoms with Gasteiger partial charge in [0, 0.05) is 65.1 Å². The number of aryl methyl sites for hydroxylation is 4. The van der Waals surface area contributed by atoms with Gasteiger partial charge in [-0.05, 0) is 100 Å². The Hall–Kier alpha value is -2.93. The van der Waals surface area contributed by atoms with Crippen molar-refractivity contribution in [1.29, 1.82) is 0 Å². The van der Waals surface area contributed by atoms with Crippen LogP contribution in [-0.4, -0.2) is 29.9 Å². The minimum atomic E-state index is -0.0813. The molecule has 1 aliphatic heterocycles. The fourth-order valence-corrected chi connectivity index (χ4v) is 7.86. The van der Waals surface area contributed by atoms with Crippen molar-refractivity contribution in [3.63, 3.8) is 0 Å². The predicted molar refractivity (Wildman–Crippen MR) is 191 cm³/mol. The maximum absolute atomic E-state index is 11.7. The van der Waals surface area contributed by atoms with Crippen LogP contribution >= 0.6 is 11.3 Å². The first-order chi connectivity index (χ1) is 21.1. The number of rotatable bonds is 9. The summed E-state index contributed by atoms with van der Waals surface area (Å²) in [6, 6.07) is 15.0. The summed E-state index contributed by atoms with van der Waals surface area (Å²) < 4.78 is 1.24. The Morgan fingerprint density at radius 2 is 1.58 bits per heavy atom. The van der Waals surface area contributed by atoms with Crippen LogP contribution < -0.4 is 10.4 Å². The van der Waals surface area contributed by atoms with Crippen molar-refractivity contribution < 1.29 is 30.0 Å². The molecule has 241 valence electrons. The zero-order valence-corrected chi connectivity index (χ0v) is 31.4. The molecule has 0 aliphatic carbocycles. The molecule has 5 rings (SSSR count). The quantitative estimate of drug-likeness (QED) is 0.104. The molecule has 45 heavy (non-hydrogen) atoms. The van der Waals surface area contributed by atoms with E-state index in [9.17, 15) is 9.90 Å². The number of thiophene rings is 1. The second-order valence-electron chi connectivity index (χ2n) is 12.0. The number of hydrogen-bond acceptors (Lipinski definition) is 5. The van der Waals surface area contributed by atoms with Crippen LogP contribution in [0.1, 0.15) is 75.6 Å². The maximum atomic E-state index is 11.7. The third-order valence-electron chi connectivity index (χ3n) is 9.00. The number of aliphatic hydroxyl groups is 1. The molecule has 0 saturated carbocycles. The summed E-state index contributed by atoms with van der Waals surface area (Å²) in [5, 5.41) is 16.0. The molecule has 2 aromatic carbocycles. The molecule has 1 radical (unpaired) electrons. The molecule has 1 N–H and O–H groups in total. The van der Waals surface area contributed by atoms with Gasteiger partial charge < -0.3 is 15.1 Å². The van der Waals surface area contributed by atoms with E-state index in [4.69, 9.17) is 10.2 Å². The molecular weight excluding hydrogens is 754 g/mol. The first-order valence-corrected chi connectivity index (χ1v) is 16.8. The number of fused-ring (bicyclic) bond motifs is 2. The molecule has 5 nitrogen and oxygen atoms in total. The van der Waals surface area contributed by atoms with Crippen molar-refractivity contribution in [3.05, 3.63) is 88.0 Å². The van der Waals surface area contributed by atoms with Crippen molar-refractivity contribution >= 4 is 51.2 Å². The number of hydrogen-bond donors (Lipinski definition) is 1. The minimum Gasteiger partial charge on any atom is -0.682 e. The number of ketones is 1. The van der Waals surface area contributed by atoms with Gasteiger partial charge in [-0.25, -0.2) is 0 Å². The number of aliphatic hydroxyl groups excluding tert-OH is 1. The number of para-hydroxylation sites is 1. The Balaban J connectivity index is 0.000000297. The Labute approximate surface area is 288 Å². The smallest absolute Gasteiger partial charge is 0.208 e. The Bertz CT molecular complexity index is 1640. The molecule has 0 bridgehead atoms. The average Bonchev–Trinajstić information content (AvgIpc) is 3.50. The van der Waals surface area contributed by atoms with E-state index in [0.29, 0.717) is 0 Å². The summed E-state index contributed by atoms with van der Waals surface area (Å²) in [5.74, 6) is 0.547. The van der Waals surface area contributed by atoms with Gasteiger partial charge in [0.25, 0.3) is 0 Å². The molecule has 3 heterocycles. The summed E-state index contributed by atoms with van der Waals surface area (Å²) in [5.41, 5.74) is 9.93. The van der Waals surface area contributed by atoms with Crippen LogP contribution in [0.5, 0.6) is 0 Å². The number of anilines is 1. The average molecular weight is 801 g/mol. The van der Waals surface area contributed by atoms with E-state index in [1.165, 1.54) is 48.9 Å². The number of carbonyl (C=O) groups is 1. The number of pyridine rings is 1. The largest absolute Gasteiger partial charge is 0.682 e. The van der Waals surface area contributed by atoms with Crippen LogP contribution in [0.4, 0.5) is 11.4 Å². The second kappa shape index (κ2) is 16.1. The minimum absolute atomic E-state index is 0. The van der Waals surface area contributed by atoms with Gasteiger partial charge in [0.1, 0.15) is 0 Å². The van der Waals surface area contributed by atoms with Gasteiger partial charge in [0.15, 0.2) is 5.78 Å². The summed E-state index contributed by atoms with van der Waals surface area (Å²) in [6.07, 6.45) is 6.84. The summed E-state index contributed by atoms with van der Waals surface area (Å²) in [7, 11) is 2.11. The van der Waals surface area contributed by atoms with Crippen LogP contribution in [0.25, 0.3) is 25.8 Å². The van der Waals surface area contributed by atoms with Crippen LogP contribution in [0.2, 0.25) is 0 Å². The molecule has 1 aliphatic rings. The third kappa shape index (κ3) is 7.73. The SMILES string of the molecule is CCC(CC)C(=O)/C=C(\O)C(CC)CC.Cc1cc(C)c(-c2sc3c(B4[N-]c5ccccc5N4C)nccc3c2C)c(C)c1.[Ir]. The normalized spacial score (nSPS) is 12.6. The molecular formula is C37H47BIrN3O2S-. The fraction of sp³-hybridized carbons (Fsp3) is 0.405. The van der Waals surface area contributed by atoms with E-state index in [2.05, 4.69) is 76.0 Å². The predicted octanol–water partition coefficient (Wildman–Crippen LogP) is 9.91. The topological polar surface area (TPSA) is 67.5 Å². The molecule has 0 spiro atoms. The Morgan fingerprint density at radius 1 is 0.978 bits per heavy atom. The van der Waals surface area contributed by atoms with Crippen molar-refractivity contribution in [1.82, 2.24) is 4.98 Å². The van der Waals surface area contributed by atoms with E-state index in [-0.39, 0.29) is 50.5 Å².